The van der Waals surface area contributed by atoms with Gasteiger partial charge in [-0.1, -0.05) is 6.07 Å². The summed E-state index contributed by atoms with van der Waals surface area (Å²) in [6.45, 7) is 5.50. The molecule has 0 saturated carbocycles. The highest BCUT2D eigenvalue weighted by molar-refractivity contribution is 5.94. The Morgan fingerprint density at radius 1 is 1.11 bits per heavy atom. The first-order chi connectivity index (χ1) is 17.6. The molecule has 1 saturated heterocycles. The zero-order chi connectivity index (χ0) is 24.7. The van der Waals surface area contributed by atoms with E-state index in [0.717, 1.165) is 61.0 Å². The largest absolute Gasteiger partial charge is 0.488 e. The number of aromatic nitrogens is 1. The quantitative estimate of drug-likeness (QED) is 0.474. The molecule has 2 aromatic carbocycles. The molecule has 0 radical (unpaired) electrons. The summed E-state index contributed by atoms with van der Waals surface area (Å²) in [6.07, 6.45) is 5.70. The summed E-state index contributed by atoms with van der Waals surface area (Å²) in [5, 5.41) is 6.62. The predicted octanol–water partition coefficient (Wildman–Crippen LogP) is 3.77. The minimum Gasteiger partial charge on any atom is -0.488 e. The molecule has 188 valence electrons. The number of carbonyl (C=O) groups excluding carboxylic acids is 1. The van der Waals surface area contributed by atoms with Crippen LogP contribution in [-0.2, 0) is 6.54 Å². The number of nitrogens with zero attached hydrogens (tertiary/aromatic N) is 2. The molecule has 1 aromatic heterocycles. The third kappa shape index (κ3) is 6.07. The van der Waals surface area contributed by atoms with Crippen LogP contribution >= 0.6 is 0 Å². The Labute approximate surface area is 211 Å². The van der Waals surface area contributed by atoms with Gasteiger partial charge in [-0.25, -0.2) is 0 Å². The number of benzene rings is 2. The number of rotatable bonds is 9. The van der Waals surface area contributed by atoms with E-state index in [1.807, 2.05) is 54.6 Å². The van der Waals surface area contributed by atoms with Crippen LogP contribution in [0, 0.1) is 0 Å². The van der Waals surface area contributed by atoms with E-state index in [1.165, 1.54) is 0 Å². The molecule has 3 aromatic rings. The zero-order valence-corrected chi connectivity index (χ0v) is 20.5. The summed E-state index contributed by atoms with van der Waals surface area (Å²) in [6, 6.07) is 17.8. The van der Waals surface area contributed by atoms with E-state index < -0.39 is 0 Å². The van der Waals surface area contributed by atoms with Crippen molar-refractivity contribution < 1.29 is 19.0 Å². The number of fused-ring (bicyclic) bond motifs is 1. The van der Waals surface area contributed by atoms with Gasteiger partial charge in [0.15, 0.2) is 11.5 Å². The van der Waals surface area contributed by atoms with Crippen molar-refractivity contribution in [3.8, 4) is 17.2 Å². The molecule has 5 rings (SSSR count). The first-order valence-corrected chi connectivity index (χ1v) is 12.5. The number of amides is 1. The summed E-state index contributed by atoms with van der Waals surface area (Å²) in [4.78, 5) is 19.1. The number of carbonyl (C=O) groups is 1. The summed E-state index contributed by atoms with van der Waals surface area (Å²) in [7, 11) is 0. The summed E-state index contributed by atoms with van der Waals surface area (Å²) < 4.78 is 16.6. The van der Waals surface area contributed by atoms with Crippen molar-refractivity contribution in [3.63, 3.8) is 0 Å². The Kier molecular flexibility index (Phi) is 7.52. The fourth-order valence-corrected chi connectivity index (χ4v) is 4.52. The lowest BCUT2D eigenvalue weighted by molar-refractivity contribution is 0.0951. The normalized spacial score (nSPS) is 16.0. The van der Waals surface area contributed by atoms with E-state index in [2.05, 4.69) is 27.4 Å². The molecule has 8 heteroatoms. The van der Waals surface area contributed by atoms with Crippen LogP contribution in [0.25, 0.3) is 0 Å². The van der Waals surface area contributed by atoms with E-state index in [4.69, 9.17) is 14.2 Å². The fourth-order valence-electron chi connectivity index (χ4n) is 4.52. The molecule has 36 heavy (non-hydrogen) atoms. The number of nitrogens with one attached hydrogen (secondary N) is 2. The number of pyridine rings is 1. The Morgan fingerprint density at radius 3 is 2.69 bits per heavy atom. The van der Waals surface area contributed by atoms with Gasteiger partial charge in [0.05, 0.1) is 6.20 Å². The lowest BCUT2D eigenvalue weighted by Gasteiger charge is -2.34. The van der Waals surface area contributed by atoms with E-state index in [-0.39, 0.29) is 18.8 Å². The SMILES string of the molecule is C[C@H](CNC1CCN(c2ccc(C(=O)NCc3ccc4c(c3)OCO4)cc2)CC1)Oc1cccnc1. The van der Waals surface area contributed by atoms with Gasteiger partial charge in [-0.3, -0.25) is 9.78 Å². The molecular weight excluding hydrogens is 456 g/mol. The van der Waals surface area contributed by atoms with Gasteiger partial charge < -0.3 is 29.7 Å². The molecule has 2 N–H and O–H groups in total. The van der Waals surface area contributed by atoms with Gasteiger partial charge in [0, 0.05) is 49.7 Å². The van der Waals surface area contributed by atoms with Crippen LogP contribution in [-0.4, -0.2) is 49.5 Å². The monoisotopic (exact) mass is 488 g/mol. The maximum Gasteiger partial charge on any atom is 0.251 e. The van der Waals surface area contributed by atoms with Crippen LogP contribution in [0.5, 0.6) is 17.2 Å². The van der Waals surface area contributed by atoms with Crippen molar-refractivity contribution in [1.29, 1.82) is 0 Å². The molecule has 1 atom stereocenters. The van der Waals surface area contributed by atoms with Crippen LogP contribution < -0.4 is 29.7 Å². The second-order valence-corrected chi connectivity index (χ2v) is 9.20. The number of piperidine rings is 1. The Bertz CT molecular complexity index is 1150. The highest BCUT2D eigenvalue weighted by Crippen LogP contribution is 2.32. The highest BCUT2D eigenvalue weighted by atomic mass is 16.7. The fraction of sp³-hybridized carbons (Fsp3) is 0.357. The second kappa shape index (κ2) is 11.3. The van der Waals surface area contributed by atoms with Gasteiger partial charge in [0.25, 0.3) is 5.91 Å². The van der Waals surface area contributed by atoms with Gasteiger partial charge in [0.2, 0.25) is 6.79 Å². The standard InChI is InChI=1S/C28H32N4O4/c1-20(36-25-3-2-12-29-18-25)16-30-23-10-13-32(14-11-23)24-7-5-22(6-8-24)28(33)31-17-21-4-9-26-27(15-21)35-19-34-26/h2-9,12,15,18,20,23,30H,10-11,13-14,16-17,19H2,1H3,(H,31,33)/t20-/m1/s1. The van der Waals surface area contributed by atoms with Gasteiger partial charge in [-0.15, -0.1) is 0 Å². The maximum atomic E-state index is 12.6. The van der Waals surface area contributed by atoms with Crippen LogP contribution in [0.1, 0.15) is 35.7 Å². The van der Waals surface area contributed by atoms with Crippen LogP contribution in [0.3, 0.4) is 0 Å². The Hall–Kier alpha value is -3.78. The molecule has 0 unspecified atom stereocenters. The Morgan fingerprint density at radius 2 is 1.92 bits per heavy atom. The lowest BCUT2D eigenvalue weighted by atomic mass is 10.0. The first-order valence-electron chi connectivity index (χ1n) is 12.5. The third-order valence-corrected chi connectivity index (χ3v) is 6.55. The molecule has 2 aliphatic heterocycles. The highest BCUT2D eigenvalue weighted by Gasteiger charge is 2.20. The molecule has 1 fully saturated rings. The maximum absolute atomic E-state index is 12.6. The molecule has 0 aliphatic carbocycles. The van der Waals surface area contributed by atoms with Crippen LogP contribution in [0.15, 0.2) is 67.0 Å². The van der Waals surface area contributed by atoms with Crippen LogP contribution in [0.2, 0.25) is 0 Å². The van der Waals surface area contributed by atoms with Gasteiger partial charge >= 0.3 is 0 Å². The molecule has 8 nitrogen and oxygen atoms in total. The molecular formula is C28H32N4O4. The molecule has 2 aliphatic rings. The van der Waals surface area contributed by atoms with E-state index in [1.54, 1.807) is 12.4 Å². The number of hydrogen-bond donors (Lipinski definition) is 2. The van der Waals surface area contributed by atoms with E-state index >= 15 is 0 Å². The van der Waals surface area contributed by atoms with Crippen molar-refractivity contribution in [3.05, 3.63) is 78.1 Å². The summed E-state index contributed by atoms with van der Waals surface area (Å²) >= 11 is 0. The summed E-state index contributed by atoms with van der Waals surface area (Å²) in [5.74, 6) is 2.17. The minimum atomic E-state index is -0.0928. The van der Waals surface area contributed by atoms with Gasteiger partial charge in [-0.2, -0.15) is 0 Å². The minimum absolute atomic E-state index is 0.0796. The van der Waals surface area contributed by atoms with Crippen molar-refractivity contribution in [2.75, 3.05) is 31.3 Å². The summed E-state index contributed by atoms with van der Waals surface area (Å²) in [5.41, 5.74) is 2.77. The first kappa shape index (κ1) is 23.9. The van der Waals surface area contributed by atoms with E-state index in [0.29, 0.717) is 18.2 Å². The van der Waals surface area contributed by atoms with Crippen molar-refractivity contribution in [2.24, 2.45) is 0 Å². The van der Waals surface area contributed by atoms with Crippen molar-refractivity contribution in [2.45, 2.75) is 38.5 Å². The average molecular weight is 489 g/mol. The van der Waals surface area contributed by atoms with Gasteiger partial charge in [-0.05, 0) is 73.9 Å². The molecule has 3 heterocycles. The van der Waals surface area contributed by atoms with Gasteiger partial charge in [0.1, 0.15) is 11.9 Å². The molecule has 1 amide bonds. The predicted molar refractivity (Wildman–Crippen MR) is 138 cm³/mol. The lowest BCUT2D eigenvalue weighted by Crippen LogP contribution is -2.45. The average Bonchev–Trinajstić information content (AvgIpc) is 3.40. The Balaban J connectivity index is 1.04. The number of hydrogen-bond acceptors (Lipinski definition) is 7. The number of ether oxygens (including phenoxy) is 3. The number of anilines is 1. The van der Waals surface area contributed by atoms with Crippen molar-refractivity contribution in [1.82, 2.24) is 15.6 Å². The molecule has 0 spiro atoms. The van der Waals surface area contributed by atoms with E-state index in [9.17, 15) is 4.79 Å². The zero-order valence-electron chi connectivity index (χ0n) is 20.5. The second-order valence-electron chi connectivity index (χ2n) is 9.20. The smallest absolute Gasteiger partial charge is 0.251 e. The topological polar surface area (TPSA) is 85.0 Å². The molecule has 0 bridgehead atoms. The van der Waals surface area contributed by atoms with Crippen molar-refractivity contribution >= 4 is 11.6 Å². The third-order valence-electron chi connectivity index (χ3n) is 6.55. The van der Waals surface area contributed by atoms with Crippen LogP contribution in [0.4, 0.5) is 5.69 Å².